The first-order valence-electron chi connectivity index (χ1n) is 9.24. The summed E-state index contributed by atoms with van der Waals surface area (Å²) in [6, 6.07) is 16.0. The van der Waals surface area contributed by atoms with Crippen LogP contribution in [0.25, 0.3) is 6.08 Å². The van der Waals surface area contributed by atoms with Crippen molar-refractivity contribution in [3.63, 3.8) is 0 Å². The Morgan fingerprint density at radius 3 is 2.32 bits per heavy atom. The van der Waals surface area contributed by atoms with Crippen molar-refractivity contribution >= 4 is 18.0 Å². The normalized spacial score (nSPS) is 15.0. The number of benzene rings is 2. The van der Waals surface area contributed by atoms with Gasteiger partial charge in [-0.15, -0.1) is 0 Å². The second-order valence-corrected chi connectivity index (χ2v) is 6.64. The molecule has 28 heavy (non-hydrogen) atoms. The van der Waals surface area contributed by atoms with Gasteiger partial charge in [-0.1, -0.05) is 42.5 Å². The van der Waals surface area contributed by atoms with Crippen LogP contribution in [0.1, 0.15) is 11.1 Å². The molecule has 0 unspecified atom stereocenters. The third kappa shape index (κ3) is 6.03. The lowest BCUT2D eigenvalue weighted by Crippen LogP contribution is -2.49. The zero-order chi connectivity index (χ0) is 19.8. The lowest BCUT2D eigenvalue weighted by molar-refractivity contribution is -0.149. The minimum atomic E-state index is -0.597. The molecule has 2 aromatic carbocycles. The molecule has 0 saturated carbocycles. The summed E-state index contributed by atoms with van der Waals surface area (Å²) in [5.74, 6) is -1.13. The summed E-state index contributed by atoms with van der Waals surface area (Å²) in [7, 11) is 0. The topological polar surface area (TPSA) is 49.9 Å². The monoisotopic (exact) mass is 382 g/mol. The molecule has 1 aliphatic rings. The standard InChI is InChI=1S/C22H23FN2O3/c23-20-9-6-18(7-10-20)8-11-22(27)28-17-21(26)25-14-12-24(13-15-25)16-19-4-2-1-3-5-19/h1-11H,12-17H2/b11-8+. The molecule has 1 fully saturated rings. The highest BCUT2D eigenvalue weighted by atomic mass is 19.1. The number of carbonyl (C=O) groups is 2. The van der Waals surface area contributed by atoms with E-state index in [0.29, 0.717) is 18.7 Å². The fourth-order valence-electron chi connectivity index (χ4n) is 3.01. The molecule has 0 N–H and O–H groups in total. The summed E-state index contributed by atoms with van der Waals surface area (Å²) in [6.45, 7) is 3.42. The van der Waals surface area contributed by atoms with Gasteiger partial charge >= 0.3 is 5.97 Å². The summed E-state index contributed by atoms with van der Waals surface area (Å²) in [5, 5.41) is 0. The number of nitrogens with zero attached hydrogens (tertiary/aromatic N) is 2. The van der Waals surface area contributed by atoms with Crippen molar-refractivity contribution in [2.45, 2.75) is 6.54 Å². The molecule has 0 bridgehead atoms. The fourth-order valence-corrected chi connectivity index (χ4v) is 3.01. The Balaban J connectivity index is 1.38. The maximum Gasteiger partial charge on any atom is 0.331 e. The third-order valence-corrected chi connectivity index (χ3v) is 4.59. The molecule has 1 saturated heterocycles. The largest absolute Gasteiger partial charge is 0.452 e. The average molecular weight is 382 g/mol. The predicted octanol–water partition coefficient (Wildman–Crippen LogP) is 2.73. The van der Waals surface area contributed by atoms with Gasteiger partial charge in [-0.3, -0.25) is 9.69 Å². The molecular weight excluding hydrogens is 359 g/mol. The highest BCUT2D eigenvalue weighted by Gasteiger charge is 2.21. The minimum absolute atomic E-state index is 0.192. The van der Waals surface area contributed by atoms with Crippen molar-refractivity contribution in [1.29, 1.82) is 0 Å². The molecule has 5 nitrogen and oxygen atoms in total. The van der Waals surface area contributed by atoms with E-state index < -0.39 is 5.97 Å². The summed E-state index contributed by atoms with van der Waals surface area (Å²) in [5.41, 5.74) is 1.93. The maximum atomic E-state index is 12.8. The maximum absolute atomic E-state index is 12.8. The zero-order valence-corrected chi connectivity index (χ0v) is 15.6. The van der Waals surface area contributed by atoms with Crippen LogP contribution in [0.4, 0.5) is 4.39 Å². The van der Waals surface area contributed by atoms with E-state index in [1.165, 1.54) is 29.8 Å². The van der Waals surface area contributed by atoms with Crippen LogP contribution in [-0.4, -0.2) is 54.5 Å². The van der Waals surface area contributed by atoms with Crippen LogP contribution in [-0.2, 0) is 20.9 Å². The van der Waals surface area contributed by atoms with Gasteiger partial charge in [0, 0.05) is 38.8 Å². The number of carbonyl (C=O) groups excluding carboxylic acids is 2. The van der Waals surface area contributed by atoms with Gasteiger partial charge < -0.3 is 9.64 Å². The van der Waals surface area contributed by atoms with Gasteiger partial charge in [0.05, 0.1) is 0 Å². The van der Waals surface area contributed by atoms with E-state index in [4.69, 9.17) is 4.74 Å². The smallest absolute Gasteiger partial charge is 0.331 e. The van der Waals surface area contributed by atoms with Gasteiger partial charge in [-0.05, 0) is 29.3 Å². The molecule has 0 atom stereocenters. The van der Waals surface area contributed by atoms with E-state index in [1.54, 1.807) is 17.0 Å². The lowest BCUT2D eigenvalue weighted by atomic mass is 10.2. The number of rotatable bonds is 6. The van der Waals surface area contributed by atoms with Crippen LogP contribution in [0, 0.1) is 5.82 Å². The first kappa shape index (κ1) is 19.8. The predicted molar refractivity (Wildman–Crippen MR) is 105 cm³/mol. The second-order valence-electron chi connectivity index (χ2n) is 6.64. The van der Waals surface area contributed by atoms with E-state index in [2.05, 4.69) is 17.0 Å². The Labute approximate surface area is 164 Å². The summed E-state index contributed by atoms with van der Waals surface area (Å²) < 4.78 is 17.9. The quantitative estimate of drug-likeness (QED) is 0.569. The molecule has 6 heteroatoms. The van der Waals surface area contributed by atoms with Gasteiger partial charge in [-0.25, -0.2) is 9.18 Å². The fraction of sp³-hybridized carbons (Fsp3) is 0.273. The molecule has 0 radical (unpaired) electrons. The number of hydrogen-bond acceptors (Lipinski definition) is 4. The number of hydrogen-bond donors (Lipinski definition) is 0. The Bertz CT molecular complexity index is 813. The SMILES string of the molecule is O=C(/C=C/c1ccc(F)cc1)OCC(=O)N1CCN(Cc2ccccc2)CC1. The average Bonchev–Trinajstić information content (AvgIpc) is 2.73. The van der Waals surface area contributed by atoms with E-state index >= 15 is 0 Å². The highest BCUT2D eigenvalue weighted by molar-refractivity contribution is 5.89. The molecule has 1 aliphatic heterocycles. The van der Waals surface area contributed by atoms with Crippen LogP contribution < -0.4 is 0 Å². The molecule has 1 amide bonds. The number of ether oxygens (including phenoxy) is 1. The minimum Gasteiger partial charge on any atom is -0.452 e. The summed E-state index contributed by atoms with van der Waals surface area (Å²) in [6.07, 6.45) is 2.76. The lowest BCUT2D eigenvalue weighted by Gasteiger charge is -2.34. The summed E-state index contributed by atoms with van der Waals surface area (Å²) >= 11 is 0. The van der Waals surface area contributed by atoms with Crippen LogP contribution in [0.3, 0.4) is 0 Å². The van der Waals surface area contributed by atoms with Crippen LogP contribution in [0.15, 0.2) is 60.7 Å². The second kappa shape index (κ2) is 9.80. The van der Waals surface area contributed by atoms with Crippen molar-refractivity contribution in [2.75, 3.05) is 32.8 Å². The zero-order valence-electron chi connectivity index (χ0n) is 15.6. The number of halogens is 1. The third-order valence-electron chi connectivity index (χ3n) is 4.59. The van der Waals surface area contributed by atoms with E-state index in [0.717, 1.165) is 19.6 Å². The Kier molecular flexibility index (Phi) is 6.92. The molecule has 0 spiro atoms. The van der Waals surface area contributed by atoms with E-state index in [-0.39, 0.29) is 18.3 Å². The first-order valence-corrected chi connectivity index (χ1v) is 9.24. The molecule has 146 valence electrons. The van der Waals surface area contributed by atoms with Gasteiger partial charge in [0.15, 0.2) is 6.61 Å². The summed E-state index contributed by atoms with van der Waals surface area (Å²) in [4.78, 5) is 28.0. The van der Waals surface area contributed by atoms with Gasteiger partial charge in [-0.2, -0.15) is 0 Å². The highest BCUT2D eigenvalue weighted by Crippen LogP contribution is 2.09. The molecule has 1 heterocycles. The van der Waals surface area contributed by atoms with Crippen molar-refractivity contribution in [3.8, 4) is 0 Å². The van der Waals surface area contributed by atoms with E-state index in [1.807, 2.05) is 18.2 Å². The molecular formula is C22H23FN2O3. The molecule has 0 aromatic heterocycles. The van der Waals surface area contributed by atoms with Crippen LogP contribution >= 0.6 is 0 Å². The first-order chi connectivity index (χ1) is 13.6. The Morgan fingerprint density at radius 1 is 0.964 bits per heavy atom. The van der Waals surface area contributed by atoms with Gasteiger partial charge in [0.2, 0.25) is 0 Å². The Morgan fingerprint density at radius 2 is 1.64 bits per heavy atom. The number of amides is 1. The molecule has 3 rings (SSSR count). The van der Waals surface area contributed by atoms with Crippen molar-refractivity contribution in [2.24, 2.45) is 0 Å². The van der Waals surface area contributed by atoms with Crippen LogP contribution in [0.2, 0.25) is 0 Å². The van der Waals surface area contributed by atoms with Gasteiger partial charge in [0.1, 0.15) is 5.82 Å². The van der Waals surface area contributed by atoms with Crippen molar-refractivity contribution < 1.29 is 18.7 Å². The van der Waals surface area contributed by atoms with E-state index in [9.17, 15) is 14.0 Å². The number of piperazine rings is 1. The van der Waals surface area contributed by atoms with Gasteiger partial charge in [0.25, 0.3) is 5.91 Å². The van der Waals surface area contributed by atoms with Crippen molar-refractivity contribution in [1.82, 2.24) is 9.80 Å². The van der Waals surface area contributed by atoms with Crippen molar-refractivity contribution in [3.05, 3.63) is 77.6 Å². The molecule has 2 aromatic rings. The molecule has 0 aliphatic carbocycles. The Hall–Kier alpha value is -2.99. The number of esters is 1. The van der Waals surface area contributed by atoms with Crippen LogP contribution in [0.5, 0.6) is 0 Å².